The van der Waals surface area contributed by atoms with Crippen LogP contribution in [0.4, 0.5) is 0 Å². The van der Waals surface area contributed by atoms with E-state index in [0.717, 1.165) is 0 Å². The number of hydrazine groups is 1. The van der Waals surface area contributed by atoms with E-state index in [-0.39, 0.29) is 21.9 Å². The van der Waals surface area contributed by atoms with Gasteiger partial charge in [-0.25, -0.2) is 4.79 Å². The lowest BCUT2D eigenvalue weighted by atomic mass is 10.2. The zero-order valence-electron chi connectivity index (χ0n) is 14.6. The zero-order valence-corrected chi connectivity index (χ0v) is 15.3. The lowest BCUT2D eigenvalue weighted by Crippen LogP contribution is -2.43. The maximum absolute atomic E-state index is 12.1. The number of nitrogens with one attached hydrogen (secondary N) is 2. The molecule has 142 valence electrons. The summed E-state index contributed by atoms with van der Waals surface area (Å²) in [7, 11) is 2.87. The monoisotopic (exact) mass is 392 g/mol. The van der Waals surface area contributed by atoms with E-state index < -0.39 is 24.4 Å². The van der Waals surface area contributed by atoms with Crippen molar-refractivity contribution >= 4 is 29.4 Å². The molecule has 27 heavy (non-hydrogen) atoms. The number of hydrogen-bond donors (Lipinski definition) is 2. The van der Waals surface area contributed by atoms with Gasteiger partial charge in [-0.05, 0) is 24.3 Å². The molecule has 2 aromatic carbocycles. The molecule has 8 nitrogen and oxygen atoms in total. The van der Waals surface area contributed by atoms with Crippen LogP contribution in [0, 0.1) is 0 Å². The summed E-state index contributed by atoms with van der Waals surface area (Å²) in [5, 5.41) is 0.238. The van der Waals surface area contributed by atoms with E-state index in [1.54, 1.807) is 24.3 Å². The summed E-state index contributed by atoms with van der Waals surface area (Å²) in [6.07, 6.45) is 0. The van der Waals surface area contributed by atoms with Crippen molar-refractivity contribution in [1.82, 2.24) is 10.9 Å². The van der Waals surface area contributed by atoms with Crippen LogP contribution in [0.1, 0.15) is 20.7 Å². The summed E-state index contributed by atoms with van der Waals surface area (Å²) in [4.78, 5) is 35.8. The lowest BCUT2D eigenvalue weighted by Gasteiger charge is -2.11. The van der Waals surface area contributed by atoms with Crippen LogP contribution in [-0.4, -0.2) is 38.6 Å². The smallest absolute Gasteiger partial charge is 0.342 e. The number of ether oxygens (including phenoxy) is 3. The van der Waals surface area contributed by atoms with Crippen LogP contribution in [0.2, 0.25) is 5.02 Å². The third kappa shape index (κ3) is 5.35. The van der Waals surface area contributed by atoms with E-state index in [1.165, 1.54) is 32.4 Å². The van der Waals surface area contributed by atoms with E-state index in [4.69, 9.17) is 25.8 Å². The quantitative estimate of drug-likeness (QED) is 0.575. The largest absolute Gasteiger partial charge is 0.497 e. The predicted molar refractivity (Wildman–Crippen MR) is 96.9 cm³/mol. The van der Waals surface area contributed by atoms with Gasteiger partial charge >= 0.3 is 5.97 Å². The SMILES string of the molecule is COc1ccc(C(=O)OCC(=O)NNC(=O)c2ccccc2Cl)c(OC)c1. The fourth-order valence-electron chi connectivity index (χ4n) is 2.05. The Bertz CT molecular complexity index is 855. The van der Waals surface area contributed by atoms with Gasteiger partial charge in [0.2, 0.25) is 0 Å². The number of carbonyl (C=O) groups excluding carboxylic acids is 3. The zero-order chi connectivity index (χ0) is 19.8. The van der Waals surface area contributed by atoms with Gasteiger partial charge in [-0.2, -0.15) is 0 Å². The molecule has 0 saturated carbocycles. The molecule has 0 radical (unpaired) electrons. The second-order valence-electron chi connectivity index (χ2n) is 5.12. The molecule has 0 aliphatic heterocycles. The van der Waals surface area contributed by atoms with Gasteiger partial charge in [0.1, 0.15) is 17.1 Å². The van der Waals surface area contributed by atoms with Gasteiger partial charge in [0.25, 0.3) is 11.8 Å². The molecular weight excluding hydrogens is 376 g/mol. The van der Waals surface area contributed by atoms with Gasteiger partial charge in [-0.15, -0.1) is 0 Å². The number of benzene rings is 2. The Morgan fingerprint density at radius 1 is 0.963 bits per heavy atom. The number of carbonyl (C=O) groups is 3. The summed E-state index contributed by atoms with van der Waals surface area (Å²) in [6.45, 7) is -0.600. The van der Waals surface area contributed by atoms with Gasteiger partial charge in [0, 0.05) is 6.07 Å². The average molecular weight is 393 g/mol. The summed E-state index contributed by atoms with van der Waals surface area (Å²) in [6, 6.07) is 10.9. The maximum Gasteiger partial charge on any atom is 0.342 e. The van der Waals surface area contributed by atoms with Crippen molar-refractivity contribution in [2.75, 3.05) is 20.8 Å². The van der Waals surface area contributed by atoms with Gasteiger partial charge < -0.3 is 14.2 Å². The van der Waals surface area contributed by atoms with Crippen LogP contribution in [0.5, 0.6) is 11.5 Å². The Morgan fingerprint density at radius 3 is 2.37 bits per heavy atom. The highest BCUT2D eigenvalue weighted by molar-refractivity contribution is 6.33. The van der Waals surface area contributed by atoms with E-state index in [2.05, 4.69) is 10.9 Å². The molecule has 0 bridgehead atoms. The molecule has 0 heterocycles. The molecule has 2 rings (SSSR count). The topological polar surface area (TPSA) is 103 Å². The fraction of sp³-hybridized carbons (Fsp3) is 0.167. The average Bonchev–Trinajstić information content (AvgIpc) is 2.69. The number of halogens is 1. The van der Waals surface area contributed by atoms with Crippen LogP contribution in [0.15, 0.2) is 42.5 Å². The van der Waals surface area contributed by atoms with Crippen LogP contribution < -0.4 is 20.3 Å². The summed E-state index contributed by atoms with van der Waals surface area (Å²) in [5.41, 5.74) is 4.65. The van der Waals surface area contributed by atoms with Crippen molar-refractivity contribution in [3.63, 3.8) is 0 Å². The Labute approximate surface area is 160 Å². The second kappa shape index (κ2) is 9.44. The second-order valence-corrected chi connectivity index (χ2v) is 5.53. The van der Waals surface area contributed by atoms with Crippen molar-refractivity contribution in [1.29, 1.82) is 0 Å². The summed E-state index contributed by atoms with van der Waals surface area (Å²) in [5.74, 6) is -1.34. The lowest BCUT2D eigenvalue weighted by molar-refractivity contribution is -0.125. The van der Waals surface area contributed by atoms with Crippen molar-refractivity contribution in [3.05, 3.63) is 58.6 Å². The molecule has 2 aromatic rings. The van der Waals surface area contributed by atoms with Crippen molar-refractivity contribution in [2.45, 2.75) is 0 Å². The Kier molecular flexibility index (Phi) is 7.01. The van der Waals surface area contributed by atoms with Crippen molar-refractivity contribution in [2.24, 2.45) is 0 Å². The van der Waals surface area contributed by atoms with Gasteiger partial charge in [-0.1, -0.05) is 23.7 Å². The predicted octanol–water partition coefficient (Wildman–Crippen LogP) is 1.98. The minimum absolute atomic E-state index is 0.131. The highest BCUT2D eigenvalue weighted by Crippen LogP contribution is 2.25. The highest BCUT2D eigenvalue weighted by Gasteiger charge is 2.17. The Hall–Kier alpha value is -3.26. The molecule has 9 heteroatoms. The van der Waals surface area contributed by atoms with Crippen LogP contribution in [0.25, 0.3) is 0 Å². The van der Waals surface area contributed by atoms with E-state index in [9.17, 15) is 14.4 Å². The molecule has 0 spiro atoms. The minimum atomic E-state index is -0.762. The van der Waals surface area contributed by atoms with Crippen LogP contribution in [0.3, 0.4) is 0 Å². The molecule has 2 amide bonds. The Morgan fingerprint density at radius 2 is 1.70 bits per heavy atom. The minimum Gasteiger partial charge on any atom is -0.497 e. The number of rotatable bonds is 6. The molecule has 0 atom stereocenters. The van der Waals surface area contributed by atoms with Gasteiger partial charge in [0.05, 0.1) is 24.8 Å². The number of esters is 1. The third-order valence-electron chi connectivity index (χ3n) is 3.40. The highest BCUT2D eigenvalue weighted by atomic mass is 35.5. The van der Waals surface area contributed by atoms with Crippen LogP contribution >= 0.6 is 11.6 Å². The molecular formula is C18H17ClN2O6. The molecule has 0 aromatic heterocycles. The van der Waals surface area contributed by atoms with Gasteiger partial charge in [-0.3, -0.25) is 20.4 Å². The summed E-state index contributed by atoms with van der Waals surface area (Å²) >= 11 is 5.89. The molecule has 2 N–H and O–H groups in total. The van der Waals surface area contributed by atoms with E-state index in [0.29, 0.717) is 5.75 Å². The molecule has 0 fully saturated rings. The van der Waals surface area contributed by atoms with Crippen molar-refractivity contribution in [3.8, 4) is 11.5 Å². The first kappa shape index (κ1) is 20.1. The van der Waals surface area contributed by atoms with E-state index in [1.807, 2.05) is 0 Å². The van der Waals surface area contributed by atoms with Gasteiger partial charge in [0.15, 0.2) is 6.61 Å². The van der Waals surface area contributed by atoms with E-state index >= 15 is 0 Å². The van der Waals surface area contributed by atoms with Crippen LogP contribution in [-0.2, 0) is 9.53 Å². The fourth-order valence-corrected chi connectivity index (χ4v) is 2.27. The third-order valence-corrected chi connectivity index (χ3v) is 3.73. The maximum atomic E-state index is 12.1. The Balaban J connectivity index is 1.87. The first-order chi connectivity index (χ1) is 13.0. The molecule has 0 saturated heterocycles. The molecule has 0 aliphatic carbocycles. The number of amides is 2. The molecule has 0 unspecified atom stereocenters. The first-order valence-electron chi connectivity index (χ1n) is 7.69. The number of methoxy groups -OCH3 is 2. The molecule has 0 aliphatic rings. The summed E-state index contributed by atoms with van der Waals surface area (Å²) < 4.78 is 15.1. The standard InChI is InChI=1S/C18H17ClN2O6/c1-25-11-7-8-13(15(9-11)26-2)18(24)27-10-16(22)20-21-17(23)12-5-3-4-6-14(12)19/h3-9H,10H2,1-2H3,(H,20,22)(H,21,23). The normalized spacial score (nSPS) is 9.89. The van der Waals surface area contributed by atoms with Crippen molar-refractivity contribution < 1.29 is 28.6 Å². The first-order valence-corrected chi connectivity index (χ1v) is 8.07. The number of hydrogen-bond acceptors (Lipinski definition) is 6.